The van der Waals surface area contributed by atoms with Crippen LogP contribution in [0.4, 0.5) is 14.5 Å². The molecule has 1 amide bonds. The molecule has 98 valence electrons. The van der Waals surface area contributed by atoms with Gasteiger partial charge in [-0.2, -0.15) is 5.10 Å². The van der Waals surface area contributed by atoms with Gasteiger partial charge in [0.05, 0.1) is 5.69 Å². The molecule has 2 N–H and O–H groups in total. The molecule has 0 bridgehead atoms. The average molecular weight is 265 g/mol. The summed E-state index contributed by atoms with van der Waals surface area (Å²) in [5.74, 6) is -2.14. The van der Waals surface area contributed by atoms with Gasteiger partial charge in [0.15, 0.2) is 0 Å². The van der Waals surface area contributed by atoms with E-state index in [1.807, 2.05) is 0 Å². The van der Waals surface area contributed by atoms with Gasteiger partial charge in [-0.1, -0.05) is 0 Å². The fraction of sp³-hybridized carbons (Fsp3) is 0.0833. The SMILES string of the molecule is Cc1cc(F)c(NC(=O)c2ccc(=O)[nH]n2)cc1F. The van der Waals surface area contributed by atoms with Crippen LogP contribution in [0.2, 0.25) is 0 Å². The van der Waals surface area contributed by atoms with Gasteiger partial charge in [-0.25, -0.2) is 13.9 Å². The van der Waals surface area contributed by atoms with E-state index in [4.69, 9.17) is 0 Å². The highest BCUT2D eigenvalue weighted by Gasteiger charge is 2.13. The molecular weight excluding hydrogens is 256 g/mol. The highest BCUT2D eigenvalue weighted by atomic mass is 19.1. The average Bonchev–Trinajstić information content (AvgIpc) is 2.36. The first-order chi connectivity index (χ1) is 8.97. The minimum absolute atomic E-state index is 0.111. The molecule has 0 spiro atoms. The first-order valence-corrected chi connectivity index (χ1v) is 5.30. The number of halogens is 2. The van der Waals surface area contributed by atoms with Crippen molar-refractivity contribution in [3.63, 3.8) is 0 Å². The predicted octanol–water partition coefficient (Wildman–Crippen LogP) is 1.61. The van der Waals surface area contributed by atoms with Gasteiger partial charge < -0.3 is 5.32 Å². The topological polar surface area (TPSA) is 74.8 Å². The second-order valence-corrected chi connectivity index (χ2v) is 3.84. The van der Waals surface area contributed by atoms with Gasteiger partial charge in [-0.15, -0.1) is 0 Å². The Labute approximate surface area is 106 Å². The molecule has 0 aliphatic carbocycles. The predicted molar refractivity (Wildman–Crippen MR) is 63.9 cm³/mol. The first kappa shape index (κ1) is 12.9. The van der Waals surface area contributed by atoms with E-state index in [1.165, 1.54) is 13.0 Å². The standard InChI is InChI=1S/C12H9F2N3O2/c1-6-4-8(14)10(5-7(6)13)15-12(19)9-2-3-11(18)17-16-9/h2-5H,1H3,(H,15,19)(H,17,18). The summed E-state index contributed by atoms with van der Waals surface area (Å²) in [5.41, 5.74) is -0.733. The van der Waals surface area contributed by atoms with Gasteiger partial charge in [-0.05, 0) is 24.6 Å². The maximum atomic E-state index is 13.5. The van der Waals surface area contributed by atoms with Crippen molar-refractivity contribution in [2.24, 2.45) is 0 Å². The third-order valence-electron chi connectivity index (χ3n) is 2.41. The number of carbonyl (C=O) groups is 1. The zero-order chi connectivity index (χ0) is 14.0. The fourth-order valence-electron chi connectivity index (χ4n) is 1.40. The Bertz CT molecular complexity index is 677. The molecule has 0 atom stereocenters. The van der Waals surface area contributed by atoms with E-state index in [-0.39, 0.29) is 16.9 Å². The zero-order valence-corrected chi connectivity index (χ0v) is 9.83. The van der Waals surface area contributed by atoms with Gasteiger partial charge in [0.2, 0.25) is 0 Å². The van der Waals surface area contributed by atoms with Crippen LogP contribution in [-0.4, -0.2) is 16.1 Å². The molecule has 7 heteroatoms. The largest absolute Gasteiger partial charge is 0.318 e. The van der Waals surface area contributed by atoms with Gasteiger partial charge in [0.1, 0.15) is 17.3 Å². The highest BCUT2D eigenvalue weighted by Crippen LogP contribution is 2.19. The highest BCUT2D eigenvalue weighted by molar-refractivity contribution is 6.02. The van der Waals surface area contributed by atoms with Crippen LogP contribution < -0.4 is 10.9 Å². The van der Waals surface area contributed by atoms with Crippen LogP contribution in [0.25, 0.3) is 0 Å². The number of anilines is 1. The summed E-state index contributed by atoms with van der Waals surface area (Å²) in [7, 11) is 0. The lowest BCUT2D eigenvalue weighted by Crippen LogP contribution is -2.18. The molecule has 0 saturated carbocycles. The van der Waals surface area contributed by atoms with Crippen molar-refractivity contribution in [3.8, 4) is 0 Å². The van der Waals surface area contributed by atoms with Crippen LogP contribution in [0.15, 0.2) is 29.1 Å². The number of benzene rings is 1. The Morgan fingerprint density at radius 2 is 2.00 bits per heavy atom. The van der Waals surface area contributed by atoms with E-state index in [2.05, 4.69) is 15.5 Å². The maximum absolute atomic E-state index is 13.5. The molecule has 0 aliphatic heterocycles. The summed E-state index contributed by atoms with van der Waals surface area (Å²) >= 11 is 0. The third-order valence-corrected chi connectivity index (χ3v) is 2.41. The van der Waals surface area contributed by atoms with E-state index >= 15 is 0 Å². The van der Waals surface area contributed by atoms with Crippen LogP contribution in [0.3, 0.4) is 0 Å². The molecule has 19 heavy (non-hydrogen) atoms. The number of aryl methyl sites for hydroxylation is 1. The summed E-state index contributed by atoms with van der Waals surface area (Å²) in [6.07, 6.45) is 0. The molecule has 2 rings (SSSR count). The number of aromatic nitrogens is 2. The van der Waals surface area contributed by atoms with Gasteiger partial charge in [0.25, 0.3) is 11.5 Å². The molecular formula is C12H9F2N3O2. The molecule has 5 nitrogen and oxygen atoms in total. The summed E-state index contributed by atoms with van der Waals surface area (Å²) in [6.45, 7) is 1.41. The van der Waals surface area contributed by atoms with Crippen LogP contribution >= 0.6 is 0 Å². The molecule has 1 heterocycles. The molecule has 0 aliphatic rings. The van der Waals surface area contributed by atoms with Gasteiger partial charge in [-0.3, -0.25) is 9.59 Å². The monoisotopic (exact) mass is 265 g/mol. The normalized spacial score (nSPS) is 10.3. The quantitative estimate of drug-likeness (QED) is 0.866. The first-order valence-electron chi connectivity index (χ1n) is 5.30. The molecule has 0 unspecified atom stereocenters. The van der Waals surface area contributed by atoms with E-state index in [0.717, 1.165) is 18.2 Å². The second-order valence-electron chi connectivity index (χ2n) is 3.84. The van der Waals surface area contributed by atoms with Crippen molar-refractivity contribution < 1.29 is 13.6 Å². The van der Waals surface area contributed by atoms with Crippen molar-refractivity contribution in [2.45, 2.75) is 6.92 Å². The molecule has 0 saturated heterocycles. The van der Waals surface area contributed by atoms with E-state index < -0.39 is 23.1 Å². The minimum Gasteiger partial charge on any atom is -0.318 e. The number of amides is 1. The third kappa shape index (κ3) is 2.82. The van der Waals surface area contributed by atoms with Crippen LogP contribution in [0.1, 0.15) is 16.1 Å². The molecule has 0 radical (unpaired) electrons. The van der Waals surface area contributed by atoms with Crippen LogP contribution in [0, 0.1) is 18.6 Å². The Balaban J connectivity index is 2.26. The van der Waals surface area contributed by atoms with Gasteiger partial charge >= 0.3 is 0 Å². The van der Waals surface area contributed by atoms with E-state index in [1.54, 1.807) is 0 Å². The van der Waals surface area contributed by atoms with Crippen molar-refractivity contribution in [3.05, 3.63) is 57.5 Å². The van der Waals surface area contributed by atoms with Crippen LogP contribution in [-0.2, 0) is 0 Å². The van der Waals surface area contributed by atoms with Crippen molar-refractivity contribution in [1.82, 2.24) is 10.2 Å². The lowest BCUT2D eigenvalue weighted by Gasteiger charge is -2.07. The van der Waals surface area contributed by atoms with Crippen molar-refractivity contribution in [1.29, 1.82) is 0 Å². The van der Waals surface area contributed by atoms with E-state index in [0.29, 0.717) is 0 Å². The van der Waals surface area contributed by atoms with E-state index in [9.17, 15) is 18.4 Å². The Hall–Kier alpha value is -2.57. The summed E-state index contributed by atoms with van der Waals surface area (Å²) in [6, 6.07) is 4.14. The minimum atomic E-state index is -0.753. The smallest absolute Gasteiger partial charge is 0.276 e. The van der Waals surface area contributed by atoms with Crippen LogP contribution in [0.5, 0.6) is 0 Å². The molecule has 2 aromatic rings. The number of carbonyl (C=O) groups excluding carboxylic acids is 1. The summed E-state index contributed by atoms with van der Waals surface area (Å²) < 4.78 is 26.8. The zero-order valence-electron chi connectivity index (χ0n) is 9.83. The Morgan fingerprint density at radius 1 is 1.26 bits per heavy atom. The number of hydrogen-bond acceptors (Lipinski definition) is 3. The Morgan fingerprint density at radius 3 is 2.63 bits per heavy atom. The Kier molecular flexibility index (Phi) is 3.37. The van der Waals surface area contributed by atoms with Crippen molar-refractivity contribution >= 4 is 11.6 Å². The number of hydrogen-bond donors (Lipinski definition) is 2. The number of H-pyrrole nitrogens is 1. The van der Waals surface area contributed by atoms with Crippen molar-refractivity contribution in [2.75, 3.05) is 5.32 Å². The number of nitrogens with one attached hydrogen (secondary N) is 2. The van der Waals surface area contributed by atoms with Gasteiger partial charge in [0, 0.05) is 12.1 Å². The molecule has 1 aromatic heterocycles. The number of nitrogens with zero attached hydrogens (tertiary/aromatic N) is 1. The fourth-order valence-corrected chi connectivity index (χ4v) is 1.40. The second kappa shape index (κ2) is 4.97. The number of rotatable bonds is 2. The summed E-state index contributed by atoms with van der Waals surface area (Å²) in [4.78, 5) is 22.5. The maximum Gasteiger partial charge on any atom is 0.276 e. The molecule has 0 fully saturated rings. The number of aromatic amines is 1. The summed E-state index contributed by atoms with van der Waals surface area (Å²) in [5, 5.41) is 7.72. The lowest BCUT2D eigenvalue weighted by molar-refractivity contribution is 0.102. The molecule has 1 aromatic carbocycles. The lowest BCUT2D eigenvalue weighted by atomic mass is 10.2.